The first-order chi connectivity index (χ1) is 13.5. The van der Waals surface area contributed by atoms with Crippen LogP contribution in [0.25, 0.3) is 0 Å². The lowest BCUT2D eigenvalue weighted by Crippen LogP contribution is -2.18. The summed E-state index contributed by atoms with van der Waals surface area (Å²) in [6.45, 7) is 0.702. The van der Waals surface area contributed by atoms with Crippen molar-refractivity contribution in [2.75, 3.05) is 22.3 Å². The summed E-state index contributed by atoms with van der Waals surface area (Å²) in [5, 5.41) is 3.27. The monoisotopic (exact) mass is 398 g/mol. The van der Waals surface area contributed by atoms with Crippen molar-refractivity contribution in [2.45, 2.75) is 12.8 Å². The maximum atomic E-state index is 12.9. The smallest absolute Gasteiger partial charge is 0.233 e. The highest BCUT2D eigenvalue weighted by molar-refractivity contribution is 7.92. The van der Waals surface area contributed by atoms with E-state index in [0.29, 0.717) is 18.7 Å². The number of halogens is 1. The molecule has 28 heavy (non-hydrogen) atoms. The summed E-state index contributed by atoms with van der Waals surface area (Å²) in [6.07, 6.45) is 1.24. The second-order valence-electron chi connectivity index (χ2n) is 6.54. The van der Waals surface area contributed by atoms with Crippen molar-refractivity contribution in [1.29, 1.82) is 0 Å². The van der Waals surface area contributed by atoms with E-state index in [1.165, 1.54) is 12.1 Å². The SMILES string of the molecule is O=S(=O)(CCc1ccccc1)Nc1ccc(NCCc2ccc(F)cc2)cc1. The molecule has 0 saturated heterocycles. The fraction of sp³-hybridized carbons (Fsp3) is 0.182. The van der Waals surface area contributed by atoms with Crippen LogP contribution in [0.2, 0.25) is 0 Å². The standard InChI is InChI=1S/C22H23FN2O2S/c23-20-8-6-19(7-9-20)14-16-24-21-10-12-22(13-11-21)25-28(26,27)17-15-18-4-2-1-3-5-18/h1-13,24-25H,14-17H2. The lowest BCUT2D eigenvalue weighted by atomic mass is 10.1. The van der Waals surface area contributed by atoms with Crippen LogP contribution in [-0.4, -0.2) is 20.7 Å². The van der Waals surface area contributed by atoms with E-state index in [9.17, 15) is 12.8 Å². The Morgan fingerprint density at radius 2 is 1.32 bits per heavy atom. The lowest BCUT2D eigenvalue weighted by molar-refractivity contribution is 0.600. The number of aryl methyl sites for hydroxylation is 1. The fourth-order valence-electron chi connectivity index (χ4n) is 2.79. The van der Waals surface area contributed by atoms with Gasteiger partial charge in [-0.2, -0.15) is 0 Å². The summed E-state index contributed by atoms with van der Waals surface area (Å²) in [5.41, 5.74) is 3.48. The Labute approximate surface area is 165 Å². The molecule has 0 heterocycles. The van der Waals surface area contributed by atoms with E-state index in [0.717, 1.165) is 23.2 Å². The van der Waals surface area contributed by atoms with Gasteiger partial charge in [0.15, 0.2) is 0 Å². The van der Waals surface area contributed by atoms with Crippen molar-refractivity contribution >= 4 is 21.4 Å². The summed E-state index contributed by atoms with van der Waals surface area (Å²) in [6, 6.07) is 23.1. The molecule has 0 aliphatic heterocycles. The van der Waals surface area contributed by atoms with E-state index in [2.05, 4.69) is 10.0 Å². The molecule has 0 aromatic heterocycles. The fourth-order valence-corrected chi connectivity index (χ4v) is 3.89. The minimum absolute atomic E-state index is 0.0364. The predicted molar refractivity (Wildman–Crippen MR) is 113 cm³/mol. The predicted octanol–water partition coefficient (Wildman–Crippen LogP) is 4.46. The van der Waals surface area contributed by atoms with Gasteiger partial charge in [-0.05, 0) is 60.4 Å². The van der Waals surface area contributed by atoms with Crippen LogP contribution in [0.1, 0.15) is 11.1 Å². The molecule has 146 valence electrons. The Morgan fingerprint density at radius 3 is 2.00 bits per heavy atom. The zero-order valence-electron chi connectivity index (χ0n) is 15.4. The van der Waals surface area contributed by atoms with E-state index in [1.54, 1.807) is 24.3 Å². The maximum absolute atomic E-state index is 12.9. The van der Waals surface area contributed by atoms with E-state index in [4.69, 9.17) is 0 Å². The Hall–Kier alpha value is -2.86. The van der Waals surface area contributed by atoms with Crippen molar-refractivity contribution in [2.24, 2.45) is 0 Å². The molecule has 0 aliphatic carbocycles. The van der Waals surface area contributed by atoms with Gasteiger partial charge in [-0.3, -0.25) is 4.72 Å². The number of sulfonamides is 1. The molecule has 2 N–H and O–H groups in total. The van der Waals surface area contributed by atoms with Crippen molar-refractivity contribution in [3.8, 4) is 0 Å². The quantitative estimate of drug-likeness (QED) is 0.559. The highest BCUT2D eigenvalue weighted by Crippen LogP contribution is 2.16. The first-order valence-corrected chi connectivity index (χ1v) is 10.8. The first kappa shape index (κ1) is 19.9. The van der Waals surface area contributed by atoms with Gasteiger partial charge in [0, 0.05) is 17.9 Å². The number of benzene rings is 3. The first-order valence-electron chi connectivity index (χ1n) is 9.13. The molecule has 0 unspecified atom stereocenters. The van der Waals surface area contributed by atoms with Gasteiger partial charge in [0.1, 0.15) is 5.82 Å². The van der Waals surface area contributed by atoms with E-state index in [1.807, 2.05) is 42.5 Å². The number of rotatable bonds is 9. The van der Waals surface area contributed by atoms with Crippen LogP contribution < -0.4 is 10.0 Å². The van der Waals surface area contributed by atoms with E-state index < -0.39 is 10.0 Å². The normalized spacial score (nSPS) is 11.2. The van der Waals surface area contributed by atoms with Gasteiger partial charge in [-0.25, -0.2) is 12.8 Å². The topological polar surface area (TPSA) is 58.2 Å². The molecule has 0 aliphatic rings. The minimum atomic E-state index is -3.40. The molecule has 3 rings (SSSR count). The number of hydrogen-bond acceptors (Lipinski definition) is 3. The summed E-state index contributed by atoms with van der Waals surface area (Å²) in [5.74, 6) is -0.201. The molecule has 0 spiro atoms. The highest BCUT2D eigenvalue weighted by Gasteiger charge is 2.10. The average Bonchev–Trinajstić information content (AvgIpc) is 2.70. The number of nitrogens with one attached hydrogen (secondary N) is 2. The van der Waals surface area contributed by atoms with E-state index in [-0.39, 0.29) is 11.6 Å². The Morgan fingerprint density at radius 1 is 0.714 bits per heavy atom. The van der Waals surface area contributed by atoms with Crippen LogP contribution in [0.3, 0.4) is 0 Å². The van der Waals surface area contributed by atoms with Gasteiger partial charge in [0.2, 0.25) is 10.0 Å². The summed E-state index contributed by atoms with van der Waals surface area (Å²) in [7, 11) is -3.40. The van der Waals surface area contributed by atoms with Gasteiger partial charge in [-0.15, -0.1) is 0 Å². The summed E-state index contributed by atoms with van der Waals surface area (Å²) < 4.78 is 40.0. The van der Waals surface area contributed by atoms with Crippen molar-refractivity contribution < 1.29 is 12.8 Å². The molecule has 0 saturated carbocycles. The molecule has 0 radical (unpaired) electrons. The van der Waals surface area contributed by atoms with Crippen molar-refractivity contribution in [3.63, 3.8) is 0 Å². The highest BCUT2D eigenvalue weighted by atomic mass is 32.2. The number of hydrogen-bond donors (Lipinski definition) is 2. The van der Waals surface area contributed by atoms with Gasteiger partial charge < -0.3 is 5.32 Å². The molecule has 3 aromatic carbocycles. The van der Waals surface area contributed by atoms with Crippen LogP contribution in [0.4, 0.5) is 15.8 Å². The summed E-state index contributed by atoms with van der Waals surface area (Å²) >= 11 is 0. The van der Waals surface area contributed by atoms with Gasteiger partial charge in [0.25, 0.3) is 0 Å². The maximum Gasteiger partial charge on any atom is 0.233 e. The Bertz CT molecular complexity index is 973. The molecule has 0 fully saturated rings. The van der Waals surface area contributed by atoms with Crippen molar-refractivity contribution in [1.82, 2.24) is 0 Å². The molecular formula is C22H23FN2O2S. The minimum Gasteiger partial charge on any atom is -0.385 e. The molecule has 0 bridgehead atoms. The Balaban J connectivity index is 1.47. The largest absolute Gasteiger partial charge is 0.385 e. The van der Waals surface area contributed by atoms with Crippen LogP contribution in [0.5, 0.6) is 0 Å². The van der Waals surface area contributed by atoms with Crippen LogP contribution in [-0.2, 0) is 22.9 Å². The van der Waals surface area contributed by atoms with Crippen LogP contribution in [0.15, 0.2) is 78.9 Å². The lowest BCUT2D eigenvalue weighted by Gasteiger charge is -2.10. The Kier molecular flexibility index (Phi) is 6.66. The third-order valence-electron chi connectivity index (χ3n) is 4.32. The third kappa shape index (κ3) is 6.39. The number of anilines is 2. The molecular weight excluding hydrogens is 375 g/mol. The van der Waals surface area contributed by atoms with Gasteiger partial charge in [-0.1, -0.05) is 42.5 Å². The zero-order valence-corrected chi connectivity index (χ0v) is 16.3. The molecule has 4 nitrogen and oxygen atoms in total. The molecule has 0 atom stereocenters. The average molecular weight is 399 g/mol. The van der Waals surface area contributed by atoms with Crippen molar-refractivity contribution in [3.05, 3.63) is 95.8 Å². The molecule has 6 heteroatoms. The van der Waals surface area contributed by atoms with Crippen LogP contribution in [0, 0.1) is 5.82 Å². The second kappa shape index (κ2) is 9.37. The van der Waals surface area contributed by atoms with Gasteiger partial charge >= 0.3 is 0 Å². The zero-order chi connectivity index (χ0) is 19.8. The summed E-state index contributed by atoms with van der Waals surface area (Å²) in [4.78, 5) is 0. The van der Waals surface area contributed by atoms with Gasteiger partial charge in [0.05, 0.1) is 5.75 Å². The van der Waals surface area contributed by atoms with Crippen LogP contribution >= 0.6 is 0 Å². The second-order valence-corrected chi connectivity index (χ2v) is 8.38. The third-order valence-corrected chi connectivity index (χ3v) is 5.60. The van der Waals surface area contributed by atoms with E-state index >= 15 is 0 Å². The molecule has 0 amide bonds. The molecule has 3 aromatic rings.